The molecule has 0 radical (unpaired) electrons. The number of aliphatic hydroxyl groups is 1. The van der Waals surface area contributed by atoms with Crippen LogP contribution in [0.25, 0.3) is 11.1 Å². The monoisotopic (exact) mass is 466 g/mol. The average Bonchev–Trinajstić information content (AvgIpc) is 2.78. The van der Waals surface area contributed by atoms with Crippen molar-refractivity contribution in [3.8, 4) is 45.6 Å². The Morgan fingerprint density at radius 1 is 0.812 bits per heavy atom. The van der Waals surface area contributed by atoms with Crippen LogP contribution in [-0.4, -0.2) is 53.4 Å². The summed E-state index contributed by atoms with van der Waals surface area (Å²) in [7, 11) is 9.30. The minimum Gasteiger partial charge on any atom is -0.493 e. The fourth-order valence-corrected chi connectivity index (χ4v) is 4.74. The predicted molar refractivity (Wildman–Crippen MR) is 123 cm³/mol. The number of hydrogen-bond donors (Lipinski definition) is 1. The Hall–Kier alpha value is -2.51. The van der Waals surface area contributed by atoms with Crippen molar-refractivity contribution >= 4 is 11.6 Å². The van der Waals surface area contributed by atoms with Crippen molar-refractivity contribution in [1.29, 1.82) is 0 Å². The summed E-state index contributed by atoms with van der Waals surface area (Å²) >= 11 is 6.87. The van der Waals surface area contributed by atoms with Crippen LogP contribution in [-0.2, 0) is 12.8 Å². The molecule has 0 saturated carbocycles. The summed E-state index contributed by atoms with van der Waals surface area (Å²) in [4.78, 5) is 0. The highest BCUT2D eigenvalue weighted by Gasteiger charge is 2.39. The molecule has 7 nitrogen and oxygen atoms in total. The van der Waals surface area contributed by atoms with Crippen molar-refractivity contribution in [2.75, 3.05) is 42.7 Å². The summed E-state index contributed by atoms with van der Waals surface area (Å²) in [5, 5.41) is 11.7. The molecule has 8 heteroatoms. The molecule has 3 rings (SSSR count). The first-order valence-electron chi connectivity index (χ1n) is 10.2. The fourth-order valence-electron chi connectivity index (χ4n) is 4.42. The van der Waals surface area contributed by atoms with Crippen LogP contribution >= 0.6 is 11.6 Å². The maximum atomic E-state index is 11.4. The third-order valence-corrected chi connectivity index (χ3v) is 6.70. The Labute approximate surface area is 194 Å². The maximum absolute atomic E-state index is 11.4. The zero-order valence-electron chi connectivity index (χ0n) is 19.8. The maximum Gasteiger partial charge on any atom is 0.205 e. The topological polar surface area (TPSA) is 75.6 Å². The molecule has 0 heterocycles. The lowest BCUT2D eigenvalue weighted by molar-refractivity contribution is 0.00630. The van der Waals surface area contributed by atoms with E-state index in [1.165, 1.54) is 14.2 Å². The second-order valence-electron chi connectivity index (χ2n) is 8.09. The summed E-state index contributed by atoms with van der Waals surface area (Å²) in [5.74, 6) is 2.49. The molecule has 0 fully saturated rings. The standard InChI is InChI=1S/C24H31ClO7/c1-12-9-13-10-15(27-3)19(28-4)20(29-5)16(13)17-14(11-24(12,2)26)18(25)22(31-7)23(32-8)21(17)30-6/h10,12,26H,9,11H2,1-8H3/t12-,24-/m1/s1. The SMILES string of the molecule is COc1cc2c(c(OC)c1OC)-c1c(c(Cl)c(OC)c(OC)c1OC)C[C@@](C)(O)[C@H](C)C2. The van der Waals surface area contributed by atoms with E-state index >= 15 is 0 Å². The predicted octanol–water partition coefficient (Wildman–Crippen LogP) is 4.54. The van der Waals surface area contributed by atoms with E-state index in [0.717, 1.165) is 11.1 Å². The van der Waals surface area contributed by atoms with Crippen LogP contribution in [0.15, 0.2) is 6.07 Å². The van der Waals surface area contributed by atoms with Gasteiger partial charge in [0.05, 0.1) is 53.3 Å². The molecule has 2 atom stereocenters. The highest BCUT2D eigenvalue weighted by molar-refractivity contribution is 6.34. The van der Waals surface area contributed by atoms with Gasteiger partial charge in [0.2, 0.25) is 11.5 Å². The van der Waals surface area contributed by atoms with Gasteiger partial charge in [-0.3, -0.25) is 0 Å². The molecule has 1 aliphatic carbocycles. The van der Waals surface area contributed by atoms with Gasteiger partial charge in [0.1, 0.15) is 0 Å². The minimum absolute atomic E-state index is 0.104. The summed E-state index contributed by atoms with van der Waals surface area (Å²) < 4.78 is 34.1. The molecule has 2 aromatic carbocycles. The van der Waals surface area contributed by atoms with Gasteiger partial charge in [-0.1, -0.05) is 18.5 Å². The van der Waals surface area contributed by atoms with Crippen LogP contribution in [0.5, 0.6) is 34.5 Å². The summed E-state index contributed by atoms with van der Waals surface area (Å²) in [6.07, 6.45) is 0.837. The van der Waals surface area contributed by atoms with Crippen molar-refractivity contribution < 1.29 is 33.5 Å². The highest BCUT2D eigenvalue weighted by Crippen LogP contribution is 2.58. The lowest BCUT2D eigenvalue weighted by Crippen LogP contribution is -2.38. The van der Waals surface area contributed by atoms with Crippen LogP contribution in [0.3, 0.4) is 0 Å². The van der Waals surface area contributed by atoms with Gasteiger partial charge >= 0.3 is 0 Å². The van der Waals surface area contributed by atoms with E-state index in [4.69, 9.17) is 40.0 Å². The van der Waals surface area contributed by atoms with E-state index in [9.17, 15) is 5.11 Å². The lowest BCUT2D eigenvalue weighted by Gasteiger charge is -2.36. The van der Waals surface area contributed by atoms with Gasteiger partial charge in [0.25, 0.3) is 0 Å². The van der Waals surface area contributed by atoms with Gasteiger partial charge in [-0.25, -0.2) is 0 Å². The number of benzene rings is 2. The molecule has 0 spiro atoms. The van der Waals surface area contributed by atoms with E-state index in [1.807, 2.05) is 19.9 Å². The van der Waals surface area contributed by atoms with E-state index in [2.05, 4.69) is 0 Å². The van der Waals surface area contributed by atoms with Crippen LogP contribution in [0.1, 0.15) is 25.0 Å². The largest absolute Gasteiger partial charge is 0.493 e. The van der Waals surface area contributed by atoms with E-state index in [-0.39, 0.29) is 12.3 Å². The molecule has 0 bridgehead atoms. The molecule has 1 N–H and O–H groups in total. The second-order valence-corrected chi connectivity index (χ2v) is 8.46. The Morgan fingerprint density at radius 3 is 1.84 bits per heavy atom. The third kappa shape index (κ3) is 3.67. The Bertz CT molecular complexity index is 1020. The average molecular weight is 467 g/mol. The fraction of sp³-hybridized carbons (Fsp3) is 0.500. The summed E-state index contributed by atoms with van der Waals surface area (Å²) in [6, 6.07) is 1.91. The third-order valence-electron chi connectivity index (χ3n) is 6.30. The summed E-state index contributed by atoms with van der Waals surface area (Å²) in [6.45, 7) is 3.81. The van der Waals surface area contributed by atoms with Crippen LogP contribution in [0.2, 0.25) is 5.02 Å². The minimum atomic E-state index is -1.05. The number of methoxy groups -OCH3 is 6. The molecule has 32 heavy (non-hydrogen) atoms. The molecule has 0 saturated heterocycles. The normalized spacial score (nSPS) is 19.8. The molecule has 0 aliphatic heterocycles. The molecule has 0 unspecified atom stereocenters. The van der Waals surface area contributed by atoms with E-state index in [1.54, 1.807) is 28.4 Å². The van der Waals surface area contributed by atoms with Gasteiger partial charge in [0.15, 0.2) is 23.0 Å². The first-order valence-corrected chi connectivity index (χ1v) is 10.6. The van der Waals surface area contributed by atoms with Crippen molar-refractivity contribution in [2.24, 2.45) is 5.92 Å². The van der Waals surface area contributed by atoms with E-state index in [0.29, 0.717) is 57.1 Å². The lowest BCUT2D eigenvalue weighted by atomic mass is 9.75. The van der Waals surface area contributed by atoms with Crippen LogP contribution in [0, 0.1) is 5.92 Å². The van der Waals surface area contributed by atoms with Gasteiger partial charge < -0.3 is 33.5 Å². The molecule has 2 aromatic rings. The Balaban J connectivity index is 2.61. The molecule has 0 amide bonds. The van der Waals surface area contributed by atoms with Crippen molar-refractivity contribution in [2.45, 2.75) is 32.3 Å². The zero-order chi connectivity index (χ0) is 23.8. The number of halogens is 1. The van der Waals surface area contributed by atoms with Crippen molar-refractivity contribution in [1.82, 2.24) is 0 Å². The van der Waals surface area contributed by atoms with Crippen molar-refractivity contribution in [3.05, 3.63) is 22.2 Å². The van der Waals surface area contributed by atoms with Gasteiger partial charge in [0, 0.05) is 17.5 Å². The molecular weight excluding hydrogens is 436 g/mol. The number of hydrogen-bond acceptors (Lipinski definition) is 7. The molecular formula is C24H31ClO7. The number of fused-ring (bicyclic) bond motifs is 3. The highest BCUT2D eigenvalue weighted by atomic mass is 35.5. The molecule has 0 aromatic heterocycles. The number of ether oxygens (including phenoxy) is 6. The number of rotatable bonds is 6. The first kappa shape index (κ1) is 24.1. The molecule has 1 aliphatic rings. The van der Waals surface area contributed by atoms with Crippen molar-refractivity contribution in [3.63, 3.8) is 0 Å². The Kier molecular flexibility index (Phi) is 6.91. The van der Waals surface area contributed by atoms with Gasteiger partial charge in [-0.2, -0.15) is 0 Å². The van der Waals surface area contributed by atoms with Gasteiger partial charge in [-0.15, -0.1) is 0 Å². The van der Waals surface area contributed by atoms with Crippen LogP contribution in [0.4, 0.5) is 0 Å². The summed E-state index contributed by atoms with van der Waals surface area (Å²) in [5.41, 5.74) is 1.93. The quantitative estimate of drug-likeness (QED) is 0.669. The second kappa shape index (κ2) is 9.16. The van der Waals surface area contributed by atoms with Crippen LogP contribution < -0.4 is 28.4 Å². The van der Waals surface area contributed by atoms with Gasteiger partial charge in [-0.05, 0) is 36.5 Å². The zero-order valence-corrected chi connectivity index (χ0v) is 20.6. The Morgan fingerprint density at radius 2 is 1.34 bits per heavy atom. The van der Waals surface area contributed by atoms with E-state index < -0.39 is 5.60 Å². The first-order chi connectivity index (χ1) is 15.2. The molecule has 176 valence electrons. The smallest absolute Gasteiger partial charge is 0.205 e.